The maximum absolute atomic E-state index is 13.2. The predicted octanol–water partition coefficient (Wildman–Crippen LogP) is 3.77. The number of methoxy groups -OCH3 is 1. The molecule has 0 aliphatic carbocycles. The molecule has 1 atom stereocenters. The van der Waals surface area contributed by atoms with Gasteiger partial charge < -0.3 is 10.1 Å². The number of rotatable bonds is 5. The summed E-state index contributed by atoms with van der Waals surface area (Å²) in [5.74, 6) is -0.489. The van der Waals surface area contributed by atoms with Gasteiger partial charge in [0.25, 0.3) is 5.91 Å². The van der Waals surface area contributed by atoms with Crippen molar-refractivity contribution < 1.29 is 13.9 Å². The summed E-state index contributed by atoms with van der Waals surface area (Å²) < 4.78 is 19.4. The molecular formula is C14H13BrFNO2S. The van der Waals surface area contributed by atoms with E-state index in [-0.39, 0.29) is 24.4 Å². The molecule has 3 nitrogen and oxygen atoms in total. The molecule has 1 N–H and O–H groups in total. The van der Waals surface area contributed by atoms with Crippen LogP contribution in [-0.2, 0) is 4.74 Å². The van der Waals surface area contributed by atoms with Gasteiger partial charge in [-0.25, -0.2) is 4.39 Å². The predicted molar refractivity (Wildman–Crippen MR) is 80.5 cm³/mol. The first-order valence-corrected chi connectivity index (χ1v) is 7.58. The van der Waals surface area contributed by atoms with E-state index in [1.807, 2.05) is 5.38 Å². The van der Waals surface area contributed by atoms with Crippen molar-refractivity contribution >= 4 is 33.2 Å². The number of ether oxygens (including phenoxy) is 1. The third kappa shape index (κ3) is 3.88. The van der Waals surface area contributed by atoms with Crippen LogP contribution in [0.5, 0.6) is 0 Å². The molecule has 20 heavy (non-hydrogen) atoms. The average Bonchev–Trinajstić information content (AvgIpc) is 2.86. The van der Waals surface area contributed by atoms with E-state index >= 15 is 0 Å². The van der Waals surface area contributed by atoms with Crippen molar-refractivity contribution in [3.63, 3.8) is 0 Å². The summed E-state index contributed by atoms with van der Waals surface area (Å²) in [5.41, 5.74) is 0.695. The van der Waals surface area contributed by atoms with Crippen molar-refractivity contribution in [3.8, 4) is 0 Å². The van der Waals surface area contributed by atoms with Crippen LogP contribution < -0.4 is 5.32 Å². The van der Waals surface area contributed by atoms with Crippen molar-refractivity contribution in [3.05, 3.63) is 56.4 Å². The molecule has 0 bridgehead atoms. The van der Waals surface area contributed by atoms with Crippen LogP contribution in [0.4, 0.5) is 4.39 Å². The summed E-state index contributed by atoms with van der Waals surface area (Å²) in [6.45, 7) is 0.286. The molecule has 106 valence electrons. The lowest BCUT2D eigenvalue weighted by atomic mass is 10.1. The minimum absolute atomic E-state index is 0.167. The van der Waals surface area contributed by atoms with Gasteiger partial charge in [0, 0.05) is 23.5 Å². The Hall–Kier alpha value is -1.24. The highest BCUT2D eigenvalue weighted by Crippen LogP contribution is 2.20. The van der Waals surface area contributed by atoms with Crippen LogP contribution in [0, 0.1) is 5.82 Å². The maximum atomic E-state index is 13.2. The number of carbonyl (C=O) groups excluding carboxylic acids is 1. The highest BCUT2D eigenvalue weighted by molar-refractivity contribution is 9.10. The zero-order valence-corrected chi connectivity index (χ0v) is 13.1. The smallest absolute Gasteiger partial charge is 0.261 e. The maximum Gasteiger partial charge on any atom is 0.261 e. The third-order valence-corrected chi connectivity index (χ3v) is 4.43. The van der Waals surface area contributed by atoms with E-state index in [1.165, 1.54) is 30.6 Å². The topological polar surface area (TPSA) is 38.3 Å². The number of thiophene rings is 1. The Bertz CT molecular complexity index is 602. The van der Waals surface area contributed by atoms with Gasteiger partial charge in [-0.3, -0.25) is 4.79 Å². The molecule has 0 unspecified atom stereocenters. The Kier molecular flexibility index (Phi) is 5.28. The fourth-order valence-corrected chi connectivity index (χ4v) is 3.09. The quantitative estimate of drug-likeness (QED) is 0.884. The van der Waals surface area contributed by atoms with Crippen LogP contribution in [0.3, 0.4) is 0 Å². The molecule has 0 saturated heterocycles. The number of hydrogen-bond acceptors (Lipinski definition) is 3. The van der Waals surface area contributed by atoms with Gasteiger partial charge in [0.1, 0.15) is 5.82 Å². The highest BCUT2D eigenvalue weighted by Gasteiger charge is 2.14. The number of benzene rings is 1. The van der Waals surface area contributed by atoms with Crippen molar-refractivity contribution in [2.24, 2.45) is 0 Å². The molecule has 6 heteroatoms. The summed E-state index contributed by atoms with van der Waals surface area (Å²) >= 11 is 4.66. The summed E-state index contributed by atoms with van der Waals surface area (Å²) in [4.78, 5) is 12.5. The van der Waals surface area contributed by atoms with Gasteiger partial charge in [0.2, 0.25) is 0 Å². The van der Waals surface area contributed by atoms with E-state index in [4.69, 9.17) is 4.74 Å². The average molecular weight is 358 g/mol. The second-order valence-corrected chi connectivity index (χ2v) is 5.95. The van der Waals surface area contributed by atoms with Gasteiger partial charge in [0.05, 0.1) is 11.0 Å². The van der Waals surface area contributed by atoms with E-state index in [2.05, 4.69) is 21.2 Å². The normalized spacial score (nSPS) is 12.2. The van der Waals surface area contributed by atoms with E-state index in [9.17, 15) is 9.18 Å². The van der Waals surface area contributed by atoms with E-state index in [0.29, 0.717) is 10.4 Å². The SMILES string of the molecule is CO[C@@H](CNC(=O)c1cc(Br)cs1)c1cccc(F)c1. The molecule has 0 fully saturated rings. The van der Waals surface area contributed by atoms with Crippen molar-refractivity contribution in [2.75, 3.05) is 13.7 Å². The fraction of sp³-hybridized carbons (Fsp3) is 0.214. The first kappa shape index (κ1) is 15.2. The Morgan fingerprint density at radius 1 is 1.50 bits per heavy atom. The molecule has 2 aromatic rings. The number of nitrogens with one attached hydrogen (secondary N) is 1. The number of hydrogen-bond donors (Lipinski definition) is 1. The van der Waals surface area contributed by atoms with Gasteiger partial charge >= 0.3 is 0 Å². The highest BCUT2D eigenvalue weighted by atomic mass is 79.9. The minimum Gasteiger partial charge on any atom is -0.375 e. The van der Waals surface area contributed by atoms with Gasteiger partial charge in [0.15, 0.2) is 0 Å². The van der Waals surface area contributed by atoms with E-state index < -0.39 is 0 Å². The Balaban J connectivity index is 1.99. The second kappa shape index (κ2) is 6.97. The Morgan fingerprint density at radius 2 is 2.30 bits per heavy atom. The first-order valence-electron chi connectivity index (χ1n) is 5.90. The lowest BCUT2D eigenvalue weighted by Gasteiger charge is -2.16. The molecule has 0 radical (unpaired) electrons. The minimum atomic E-state index is -0.377. The zero-order valence-electron chi connectivity index (χ0n) is 10.7. The molecule has 0 aliphatic rings. The fourth-order valence-electron chi connectivity index (χ4n) is 1.75. The molecule has 1 heterocycles. The molecule has 0 saturated carbocycles. The van der Waals surface area contributed by atoms with Crippen molar-refractivity contribution in [1.82, 2.24) is 5.32 Å². The lowest BCUT2D eigenvalue weighted by Crippen LogP contribution is -2.28. The molecule has 1 aromatic heterocycles. The second-order valence-electron chi connectivity index (χ2n) is 4.12. The first-order chi connectivity index (χ1) is 9.60. The van der Waals surface area contributed by atoms with Crippen LogP contribution in [0.15, 0.2) is 40.2 Å². The molecule has 1 aromatic carbocycles. The number of carbonyl (C=O) groups is 1. The number of halogens is 2. The summed E-state index contributed by atoms with van der Waals surface area (Å²) in [7, 11) is 1.53. The summed E-state index contributed by atoms with van der Waals surface area (Å²) in [6.07, 6.45) is -0.377. The van der Waals surface area contributed by atoms with Gasteiger partial charge in [-0.05, 0) is 39.7 Å². The monoisotopic (exact) mass is 357 g/mol. The van der Waals surface area contributed by atoms with Crippen LogP contribution >= 0.6 is 27.3 Å². The third-order valence-electron chi connectivity index (χ3n) is 2.74. The van der Waals surface area contributed by atoms with Crippen LogP contribution in [0.2, 0.25) is 0 Å². The molecule has 0 aliphatic heterocycles. The van der Waals surface area contributed by atoms with Crippen LogP contribution in [0.1, 0.15) is 21.3 Å². The Labute approximate surface area is 128 Å². The zero-order chi connectivity index (χ0) is 14.5. The molecule has 0 spiro atoms. The van der Waals surface area contributed by atoms with E-state index in [1.54, 1.807) is 18.2 Å². The molecule has 1 amide bonds. The van der Waals surface area contributed by atoms with Gasteiger partial charge in [-0.15, -0.1) is 11.3 Å². The standard InChI is InChI=1S/C14H13BrFNO2S/c1-19-12(9-3-2-4-11(16)5-9)7-17-14(18)13-6-10(15)8-20-13/h2-6,8,12H,7H2,1H3,(H,17,18)/t12-/m0/s1. The van der Waals surface area contributed by atoms with Crippen molar-refractivity contribution in [1.29, 1.82) is 0 Å². The Morgan fingerprint density at radius 3 is 2.90 bits per heavy atom. The summed E-state index contributed by atoms with van der Waals surface area (Å²) in [5, 5.41) is 4.63. The van der Waals surface area contributed by atoms with Gasteiger partial charge in [-0.2, -0.15) is 0 Å². The molecule has 2 rings (SSSR count). The van der Waals surface area contributed by atoms with Crippen molar-refractivity contribution in [2.45, 2.75) is 6.10 Å². The van der Waals surface area contributed by atoms with Crippen LogP contribution in [-0.4, -0.2) is 19.6 Å². The molecular weight excluding hydrogens is 345 g/mol. The van der Waals surface area contributed by atoms with E-state index in [0.717, 1.165) is 4.47 Å². The lowest BCUT2D eigenvalue weighted by molar-refractivity contribution is 0.0830. The number of amides is 1. The summed E-state index contributed by atoms with van der Waals surface area (Å²) in [6, 6.07) is 7.92. The van der Waals surface area contributed by atoms with Crippen LogP contribution in [0.25, 0.3) is 0 Å². The largest absolute Gasteiger partial charge is 0.375 e. The van der Waals surface area contributed by atoms with Gasteiger partial charge in [-0.1, -0.05) is 12.1 Å².